The molecule has 0 atom stereocenters. The van der Waals surface area contributed by atoms with Crippen molar-refractivity contribution in [1.82, 2.24) is 10.2 Å². The Morgan fingerprint density at radius 2 is 1.54 bits per heavy atom. The van der Waals surface area contributed by atoms with E-state index in [2.05, 4.69) is 20.8 Å². The van der Waals surface area contributed by atoms with Crippen molar-refractivity contribution in [3.8, 4) is 0 Å². The molecule has 0 spiro atoms. The Morgan fingerprint density at radius 3 is 2.17 bits per heavy atom. The van der Waals surface area contributed by atoms with E-state index in [0.29, 0.717) is 22.4 Å². The number of hydrogen-bond donors (Lipinski definition) is 2. The van der Waals surface area contributed by atoms with Gasteiger partial charge in [-0.15, -0.1) is 10.2 Å². The summed E-state index contributed by atoms with van der Waals surface area (Å²) in [5.41, 5.74) is 0.529. The molecule has 24 heavy (non-hydrogen) atoms. The van der Waals surface area contributed by atoms with Gasteiger partial charge in [0.2, 0.25) is 0 Å². The lowest BCUT2D eigenvalue weighted by atomic mass is 10.1. The van der Waals surface area contributed by atoms with Crippen LogP contribution in [0.2, 0.25) is 5.02 Å². The third kappa shape index (κ3) is 4.68. The van der Waals surface area contributed by atoms with Crippen LogP contribution in [0.15, 0.2) is 36.4 Å². The summed E-state index contributed by atoms with van der Waals surface area (Å²) in [5.74, 6) is 0.957. The molecule has 0 bridgehead atoms. The quantitative estimate of drug-likeness (QED) is 0.800. The smallest absolute Gasteiger partial charge is 0.256 e. The molecule has 2 N–H and O–H groups in total. The van der Waals surface area contributed by atoms with Gasteiger partial charge >= 0.3 is 0 Å². The molecule has 126 valence electrons. The van der Waals surface area contributed by atoms with E-state index in [-0.39, 0.29) is 5.91 Å². The highest BCUT2D eigenvalue weighted by molar-refractivity contribution is 6.30. The zero-order valence-corrected chi connectivity index (χ0v) is 14.2. The van der Waals surface area contributed by atoms with Crippen LogP contribution in [0.4, 0.5) is 11.6 Å². The minimum absolute atomic E-state index is 0.231. The standard InChI is InChI=1S/C18H21ClN4O/c19-14-9-7-13(8-10-14)18(24)21-17-12-11-16(22-23-17)20-15-5-3-1-2-4-6-15/h7-12,15H,1-6H2,(H,20,22)(H,21,23,24). The van der Waals surface area contributed by atoms with Crippen LogP contribution in [-0.2, 0) is 0 Å². The van der Waals surface area contributed by atoms with Gasteiger partial charge in [0, 0.05) is 16.6 Å². The summed E-state index contributed by atoms with van der Waals surface area (Å²) in [6.45, 7) is 0. The Labute approximate surface area is 146 Å². The summed E-state index contributed by atoms with van der Waals surface area (Å²) in [5, 5.41) is 15.0. The van der Waals surface area contributed by atoms with Crippen LogP contribution >= 0.6 is 11.6 Å². The van der Waals surface area contributed by atoms with Crippen LogP contribution in [-0.4, -0.2) is 22.1 Å². The van der Waals surface area contributed by atoms with E-state index in [0.717, 1.165) is 5.82 Å². The molecule has 2 aromatic rings. The third-order valence-electron chi connectivity index (χ3n) is 4.22. The third-order valence-corrected chi connectivity index (χ3v) is 4.47. The summed E-state index contributed by atoms with van der Waals surface area (Å²) < 4.78 is 0. The van der Waals surface area contributed by atoms with E-state index in [4.69, 9.17) is 11.6 Å². The molecule has 1 aliphatic carbocycles. The Bertz CT molecular complexity index is 664. The molecule has 1 saturated carbocycles. The molecule has 0 unspecified atom stereocenters. The lowest BCUT2D eigenvalue weighted by Gasteiger charge is -2.16. The minimum Gasteiger partial charge on any atom is -0.366 e. The normalized spacial score (nSPS) is 15.5. The largest absolute Gasteiger partial charge is 0.366 e. The summed E-state index contributed by atoms with van der Waals surface area (Å²) in [6, 6.07) is 10.8. The maximum absolute atomic E-state index is 12.1. The van der Waals surface area contributed by atoms with Crippen LogP contribution in [0.5, 0.6) is 0 Å². The van der Waals surface area contributed by atoms with Gasteiger partial charge in [0.25, 0.3) is 5.91 Å². The number of rotatable bonds is 4. The maximum atomic E-state index is 12.1. The molecule has 6 heteroatoms. The molecule has 0 radical (unpaired) electrons. The number of nitrogens with one attached hydrogen (secondary N) is 2. The second kappa shape index (κ2) is 8.11. The number of halogens is 1. The zero-order valence-electron chi connectivity index (χ0n) is 13.5. The summed E-state index contributed by atoms with van der Waals surface area (Å²) in [7, 11) is 0. The highest BCUT2D eigenvalue weighted by Gasteiger charge is 2.13. The first kappa shape index (κ1) is 16.7. The minimum atomic E-state index is -0.231. The molecule has 3 rings (SSSR count). The molecule has 0 saturated heterocycles. The van der Waals surface area contributed by atoms with Gasteiger partial charge in [-0.2, -0.15) is 0 Å². The van der Waals surface area contributed by atoms with Gasteiger partial charge in [0.05, 0.1) is 0 Å². The van der Waals surface area contributed by atoms with Crippen LogP contribution in [0.3, 0.4) is 0 Å². The molecule has 1 fully saturated rings. The molecule has 1 aliphatic rings. The second-order valence-corrected chi connectivity index (χ2v) is 6.53. The van der Waals surface area contributed by atoms with Crippen LogP contribution < -0.4 is 10.6 Å². The van der Waals surface area contributed by atoms with E-state index < -0.39 is 0 Å². The fourth-order valence-corrected chi connectivity index (χ4v) is 3.02. The predicted molar refractivity (Wildman–Crippen MR) is 96.5 cm³/mol. The lowest BCUT2D eigenvalue weighted by molar-refractivity contribution is 0.102. The first-order valence-corrected chi connectivity index (χ1v) is 8.76. The molecule has 5 nitrogen and oxygen atoms in total. The first-order chi connectivity index (χ1) is 11.7. The Hall–Kier alpha value is -2.14. The van der Waals surface area contributed by atoms with Crippen molar-refractivity contribution in [2.75, 3.05) is 10.6 Å². The van der Waals surface area contributed by atoms with Crippen molar-refractivity contribution >= 4 is 29.1 Å². The highest BCUT2D eigenvalue weighted by Crippen LogP contribution is 2.20. The van der Waals surface area contributed by atoms with E-state index in [1.165, 1.54) is 38.5 Å². The fourth-order valence-electron chi connectivity index (χ4n) is 2.90. The van der Waals surface area contributed by atoms with Crippen LogP contribution in [0.1, 0.15) is 48.9 Å². The molecular formula is C18H21ClN4O. The average Bonchev–Trinajstić information content (AvgIpc) is 2.86. The Balaban J connectivity index is 1.57. The van der Waals surface area contributed by atoms with Gasteiger partial charge in [-0.1, -0.05) is 37.3 Å². The van der Waals surface area contributed by atoms with Crippen LogP contribution in [0, 0.1) is 0 Å². The van der Waals surface area contributed by atoms with E-state index >= 15 is 0 Å². The Kier molecular flexibility index (Phi) is 5.64. The number of nitrogens with zero attached hydrogens (tertiary/aromatic N) is 2. The van der Waals surface area contributed by atoms with Crippen LogP contribution in [0.25, 0.3) is 0 Å². The topological polar surface area (TPSA) is 66.9 Å². The van der Waals surface area contributed by atoms with Crippen molar-refractivity contribution in [2.45, 2.75) is 44.6 Å². The number of carbonyl (C=O) groups excluding carboxylic acids is 1. The maximum Gasteiger partial charge on any atom is 0.256 e. The molecule has 1 aromatic heterocycles. The summed E-state index contributed by atoms with van der Waals surface area (Å²) >= 11 is 5.82. The first-order valence-electron chi connectivity index (χ1n) is 8.38. The lowest BCUT2D eigenvalue weighted by Crippen LogP contribution is -2.19. The monoisotopic (exact) mass is 344 g/mol. The van der Waals surface area contributed by atoms with Gasteiger partial charge in [-0.3, -0.25) is 4.79 Å². The fraction of sp³-hybridized carbons (Fsp3) is 0.389. The zero-order chi connectivity index (χ0) is 16.8. The summed E-state index contributed by atoms with van der Waals surface area (Å²) in [6.07, 6.45) is 7.52. The highest BCUT2D eigenvalue weighted by atomic mass is 35.5. The number of benzene rings is 1. The number of anilines is 2. The van der Waals surface area contributed by atoms with E-state index in [1.807, 2.05) is 6.07 Å². The number of amides is 1. The molecule has 1 heterocycles. The second-order valence-electron chi connectivity index (χ2n) is 6.10. The van der Waals surface area contributed by atoms with Crippen molar-refractivity contribution in [3.63, 3.8) is 0 Å². The molecule has 1 amide bonds. The van der Waals surface area contributed by atoms with Gasteiger partial charge in [-0.05, 0) is 49.2 Å². The van der Waals surface area contributed by atoms with E-state index in [9.17, 15) is 4.79 Å². The van der Waals surface area contributed by atoms with Crippen molar-refractivity contribution < 1.29 is 4.79 Å². The number of hydrogen-bond acceptors (Lipinski definition) is 4. The number of aromatic nitrogens is 2. The molecule has 1 aromatic carbocycles. The Morgan fingerprint density at radius 1 is 0.917 bits per heavy atom. The number of carbonyl (C=O) groups is 1. The summed E-state index contributed by atoms with van der Waals surface area (Å²) in [4.78, 5) is 12.1. The molecule has 0 aliphatic heterocycles. The predicted octanol–water partition coefficient (Wildman–Crippen LogP) is 4.52. The average molecular weight is 345 g/mol. The van der Waals surface area contributed by atoms with Crippen molar-refractivity contribution in [2.24, 2.45) is 0 Å². The van der Waals surface area contributed by atoms with Gasteiger partial charge in [0.1, 0.15) is 5.82 Å². The van der Waals surface area contributed by atoms with E-state index in [1.54, 1.807) is 30.3 Å². The van der Waals surface area contributed by atoms with Crippen molar-refractivity contribution in [3.05, 3.63) is 47.0 Å². The van der Waals surface area contributed by atoms with Gasteiger partial charge in [-0.25, -0.2) is 0 Å². The molecular weight excluding hydrogens is 324 g/mol. The SMILES string of the molecule is O=C(Nc1ccc(NC2CCCCCC2)nn1)c1ccc(Cl)cc1. The van der Waals surface area contributed by atoms with Gasteiger partial charge in [0.15, 0.2) is 5.82 Å². The van der Waals surface area contributed by atoms with Gasteiger partial charge < -0.3 is 10.6 Å². The van der Waals surface area contributed by atoms with Crippen molar-refractivity contribution in [1.29, 1.82) is 0 Å².